The van der Waals surface area contributed by atoms with Gasteiger partial charge >= 0.3 is 0 Å². The zero-order valence-electron chi connectivity index (χ0n) is 9.32. The maximum Gasteiger partial charge on any atom is 0.263 e. The Balaban J connectivity index is 2.46. The molecule has 0 aliphatic carbocycles. The van der Waals surface area contributed by atoms with Crippen LogP contribution < -0.4 is 0 Å². The van der Waals surface area contributed by atoms with Crippen LogP contribution in [-0.4, -0.2) is 15.2 Å². The second-order valence-corrected chi connectivity index (χ2v) is 4.54. The van der Waals surface area contributed by atoms with E-state index in [1.165, 1.54) is 0 Å². The number of benzene rings is 1. The van der Waals surface area contributed by atoms with Gasteiger partial charge in [0.15, 0.2) is 0 Å². The zero-order valence-corrected chi connectivity index (χ0v) is 10.9. The van der Waals surface area contributed by atoms with E-state index >= 15 is 0 Å². The molecule has 0 spiro atoms. The maximum atomic E-state index is 13.6. The number of hydrogen-bond donors (Lipinski definition) is 1. The first-order valence-corrected chi connectivity index (χ1v) is 5.98. The molecule has 0 aliphatic rings. The van der Waals surface area contributed by atoms with Gasteiger partial charge in [-0.3, -0.25) is 0 Å². The minimum absolute atomic E-state index is 0.00854. The smallest absolute Gasteiger partial charge is 0.263 e. The molecule has 2 aromatic rings. The minimum atomic E-state index is -0.913. The molecule has 18 heavy (non-hydrogen) atoms. The minimum Gasteiger partial charge on any atom is -0.385 e. The van der Waals surface area contributed by atoms with E-state index in [1.54, 1.807) is 6.92 Å². The molecule has 1 N–H and O–H groups in total. The predicted molar refractivity (Wildman–Crippen MR) is 62.6 cm³/mol. The lowest BCUT2D eigenvalue weighted by Crippen LogP contribution is -1.98. The fraction of sp³-hybridized carbons (Fsp3) is 0.273. The Morgan fingerprint density at radius 3 is 2.56 bits per heavy atom. The van der Waals surface area contributed by atoms with E-state index in [4.69, 9.17) is 4.52 Å². The van der Waals surface area contributed by atoms with E-state index in [1.807, 2.05) is 0 Å². The lowest BCUT2D eigenvalue weighted by molar-refractivity contribution is 0.159. The Hall–Kier alpha value is -1.34. The normalized spacial score (nSPS) is 12.7. The summed E-state index contributed by atoms with van der Waals surface area (Å²) >= 11 is 2.97. The van der Waals surface area contributed by atoms with Gasteiger partial charge in [-0.05, 0) is 18.6 Å². The standard InChI is InChI=1S/C11H9BrF2N2O2/c1-2-8(17)10-15-11(18-16-10)9-6(13)3-5(12)4-7(9)14/h3-4,8,17H,2H2,1H3. The molecule has 0 fully saturated rings. The highest BCUT2D eigenvalue weighted by Crippen LogP contribution is 2.28. The Labute approximate surface area is 110 Å². The molecule has 1 heterocycles. The average molecular weight is 319 g/mol. The third-order valence-corrected chi connectivity index (χ3v) is 2.81. The van der Waals surface area contributed by atoms with Crippen molar-refractivity contribution >= 4 is 15.9 Å². The van der Waals surface area contributed by atoms with Crippen LogP contribution in [0.25, 0.3) is 11.5 Å². The summed E-state index contributed by atoms with van der Waals surface area (Å²) in [4.78, 5) is 3.78. The molecule has 0 saturated carbocycles. The first kappa shape index (κ1) is 13.1. The summed E-state index contributed by atoms with van der Waals surface area (Å²) in [7, 11) is 0. The molecule has 1 aromatic carbocycles. The largest absolute Gasteiger partial charge is 0.385 e. The maximum absolute atomic E-state index is 13.6. The average Bonchev–Trinajstić information content (AvgIpc) is 2.76. The van der Waals surface area contributed by atoms with Gasteiger partial charge in [0.25, 0.3) is 5.89 Å². The van der Waals surface area contributed by atoms with E-state index in [0.717, 1.165) is 12.1 Å². The molecule has 1 aromatic heterocycles. The van der Waals surface area contributed by atoms with Gasteiger partial charge in [0.05, 0.1) is 0 Å². The number of halogens is 3. The van der Waals surface area contributed by atoms with Crippen LogP contribution in [0.3, 0.4) is 0 Å². The fourth-order valence-electron chi connectivity index (χ4n) is 1.40. The van der Waals surface area contributed by atoms with Crippen molar-refractivity contribution in [3.05, 3.63) is 34.1 Å². The van der Waals surface area contributed by atoms with Gasteiger partial charge in [-0.2, -0.15) is 4.98 Å². The van der Waals surface area contributed by atoms with Crippen LogP contribution in [0.1, 0.15) is 25.3 Å². The highest BCUT2D eigenvalue weighted by Gasteiger charge is 2.21. The molecule has 1 atom stereocenters. The number of aromatic nitrogens is 2. The summed E-state index contributed by atoms with van der Waals surface area (Å²) in [5.41, 5.74) is -0.403. The number of aliphatic hydroxyl groups is 1. The number of nitrogens with zero attached hydrogens (tertiary/aromatic N) is 2. The molecule has 96 valence electrons. The van der Waals surface area contributed by atoms with Gasteiger partial charge in [0.1, 0.15) is 23.3 Å². The molecule has 2 rings (SSSR count). The van der Waals surface area contributed by atoms with Crippen LogP contribution in [-0.2, 0) is 0 Å². The molecule has 0 amide bonds. The fourth-order valence-corrected chi connectivity index (χ4v) is 1.80. The predicted octanol–water partition coefficient (Wildman–Crippen LogP) is 3.22. The summed E-state index contributed by atoms with van der Waals surface area (Å²) in [5.74, 6) is -1.92. The van der Waals surface area contributed by atoms with Crippen molar-refractivity contribution in [2.45, 2.75) is 19.4 Å². The van der Waals surface area contributed by atoms with Crippen LogP contribution in [0.4, 0.5) is 8.78 Å². The first-order chi connectivity index (χ1) is 8.52. The topological polar surface area (TPSA) is 59.2 Å². The Kier molecular flexibility index (Phi) is 3.72. The quantitative estimate of drug-likeness (QED) is 0.944. The molecule has 7 heteroatoms. The first-order valence-electron chi connectivity index (χ1n) is 5.19. The Morgan fingerprint density at radius 2 is 2.00 bits per heavy atom. The van der Waals surface area contributed by atoms with E-state index in [-0.39, 0.29) is 16.2 Å². The van der Waals surface area contributed by atoms with Gasteiger partial charge in [0, 0.05) is 4.47 Å². The summed E-state index contributed by atoms with van der Waals surface area (Å²) in [5, 5.41) is 13.0. The van der Waals surface area contributed by atoms with Crippen molar-refractivity contribution in [2.24, 2.45) is 0 Å². The highest BCUT2D eigenvalue weighted by atomic mass is 79.9. The Morgan fingerprint density at radius 1 is 1.39 bits per heavy atom. The van der Waals surface area contributed by atoms with Crippen LogP contribution in [0, 0.1) is 11.6 Å². The summed E-state index contributed by atoms with van der Waals surface area (Å²) in [6.45, 7) is 1.72. The second-order valence-electron chi connectivity index (χ2n) is 3.63. The van der Waals surface area contributed by atoms with Crippen molar-refractivity contribution in [3.63, 3.8) is 0 Å². The molecule has 0 radical (unpaired) electrons. The van der Waals surface area contributed by atoms with Gasteiger partial charge < -0.3 is 9.63 Å². The van der Waals surface area contributed by atoms with Crippen molar-refractivity contribution in [1.29, 1.82) is 0 Å². The van der Waals surface area contributed by atoms with E-state index in [9.17, 15) is 13.9 Å². The zero-order chi connectivity index (χ0) is 13.3. The molecule has 1 unspecified atom stereocenters. The number of rotatable bonds is 3. The third-order valence-electron chi connectivity index (χ3n) is 2.35. The van der Waals surface area contributed by atoms with E-state index < -0.39 is 23.3 Å². The van der Waals surface area contributed by atoms with Crippen molar-refractivity contribution in [2.75, 3.05) is 0 Å². The van der Waals surface area contributed by atoms with E-state index in [2.05, 4.69) is 26.1 Å². The summed E-state index contributed by atoms with van der Waals surface area (Å²) in [6, 6.07) is 2.19. The highest BCUT2D eigenvalue weighted by molar-refractivity contribution is 9.10. The van der Waals surface area contributed by atoms with Crippen LogP contribution in [0.2, 0.25) is 0 Å². The molecule has 4 nitrogen and oxygen atoms in total. The molecular formula is C11H9BrF2N2O2. The summed E-state index contributed by atoms with van der Waals surface area (Å²) in [6.07, 6.45) is -0.534. The summed E-state index contributed by atoms with van der Waals surface area (Å²) < 4.78 is 32.3. The lowest BCUT2D eigenvalue weighted by atomic mass is 10.2. The van der Waals surface area contributed by atoms with Gasteiger partial charge in [-0.15, -0.1) is 0 Å². The van der Waals surface area contributed by atoms with E-state index in [0.29, 0.717) is 6.42 Å². The monoisotopic (exact) mass is 318 g/mol. The Bertz CT molecular complexity index is 551. The number of hydrogen-bond acceptors (Lipinski definition) is 4. The number of aliphatic hydroxyl groups excluding tert-OH is 1. The molecule has 0 bridgehead atoms. The molecule has 0 saturated heterocycles. The molecule has 0 aliphatic heterocycles. The van der Waals surface area contributed by atoms with Gasteiger partial charge in [-0.25, -0.2) is 8.78 Å². The van der Waals surface area contributed by atoms with Crippen molar-refractivity contribution in [3.8, 4) is 11.5 Å². The van der Waals surface area contributed by atoms with Gasteiger partial charge in [0.2, 0.25) is 5.82 Å². The van der Waals surface area contributed by atoms with Gasteiger partial charge in [-0.1, -0.05) is 28.0 Å². The lowest BCUT2D eigenvalue weighted by Gasteiger charge is -2.01. The van der Waals surface area contributed by atoms with Crippen LogP contribution >= 0.6 is 15.9 Å². The van der Waals surface area contributed by atoms with Crippen LogP contribution in [0.5, 0.6) is 0 Å². The molecular weight excluding hydrogens is 310 g/mol. The third kappa shape index (κ3) is 2.41. The van der Waals surface area contributed by atoms with Crippen molar-refractivity contribution in [1.82, 2.24) is 10.1 Å². The van der Waals surface area contributed by atoms with Crippen molar-refractivity contribution < 1.29 is 18.4 Å². The second kappa shape index (κ2) is 5.11. The SMILES string of the molecule is CCC(O)c1noc(-c2c(F)cc(Br)cc2F)n1. The van der Waals surface area contributed by atoms with Crippen LogP contribution in [0.15, 0.2) is 21.1 Å².